The van der Waals surface area contributed by atoms with Gasteiger partial charge in [0, 0.05) is 34.3 Å². The van der Waals surface area contributed by atoms with E-state index in [4.69, 9.17) is 5.11 Å². The summed E-state index contributed by atoms with van der Waals surface area (Å²) in [4.78, 5) is 11.1. The lowest BCUT2D eigenvalue weighted by Gasteiger charge is -2.08. The molecule has 0 radical (unpaired) electrons. The Kier molecular flexibility index (Phi) is 3.74. The van der Waals surface area contributed by atoms with Gasteiger partial charge in [0.05, 0.1) is 0 Å². The molecule has 0 saturated carbocycles. The van der Waals surface area contributed by atoms with Crippen molar-refractivity contribution in [2.75, 3.05) is 0 Å². The lowest BCUT2D eigenvalue weighted by atomic mass is 10.1. The number of carbonyl (C=O) groups is 1. The predicted octanol–water partition coefficient (Wildman–Crippen LogP) is 4.10. The lowest BCUT2D eigenvalue weighted by Crippen LogP contribution is -1.99. The van der Waals surface area contributed by atoms with Gasteiger partial charge in [0.25, 0.3) is 0 Å². The van der Waals surface area contributed by atoms with Crippen molar-refractivity contribution in [2.45, 2.75) is 33.2 Å². The normalized spacial score (nSPS) is 12.3. The molecule has 3 heteroatoms. The minimum atomic E-state index is -0.844. The van der Waals surface area contributed by atoms with Crippen LogP contribution in [-0.2, 0) is 4.79 Å². The van der Waals surface area contributed by atoms with E-state index >= 15 is 0 Å². The van der Waals surface area contributed by atoms with Crippen LogP contribution in [-0.4, -0.2) is 15.6 Å². The van der Waals surface area contributed by atoms with Crippen LogP contribution < -0.4 is 0 Å². The average Bonchev–Trinajstić information content (AvgIpc) is 2.74. The van der Waals surface area contributed by atoms with E-state index in [2.05, 4.69) is 24.5 Å². The molecule has 3 nitrogen and oxygen atoms in total. The van der Waals surface area contributed by atoms with Crippen LogP contribution in [0.1, 0.15) is 38.8 Å². The lowest BCUT2D eigenvalue weighted by molar-refractivity contribution is -0.132. The van der Waals surface area contributed by atoms with E-state index in [-0.39, 0.29) is 0 Å². The third-order valence-electron chi connectivity index (χ3n) is 3.31. The molecule has 1 aromatic carbocycles. The van der Waals surface area contributed by atoms with Crippen LogP contribution >= 0.6 is 0 Å². The maximum Gasteiger partial charge on any atom is 0.331 e. The number of hydrogen-bond acceptors (Lipinski definition) is 1. The number of fused-ring (bicyclic) bond motifs is 1. The van der Waals surface area contributed by atoms with Crippen LogP contribution in [0.3, 0.4) is 0 Å². The zero-order chi connectivity index (χ0) is 14.0. The molecule has 1 N–H and O–H groups in total. The van der Waals surface area contributed by atoms with Crippen molar-refractivity contribution in [3.8, 4) is 0 Å². The summed E-state index contributed by atoms with van der Waals surface area (Å²) in [6.07, 6.45) is 4.34. The van der Waals surface area contributed by atoms with Gasteiger partial charge in [0.15, 0.2) is 0 Å². The molecule has 2 rings (SSSR count). The highest BCUT2D eigenvalue weighted by molar-refractivity contribution is 5.97. The highest BCUT2D eigenvalue weighted by Gasteiger charge is 2.11. The fraction of sp³-hybridized carbons (Fsp3) is 0.312. The first-order valence-corrected chi connectivity index (χ1v) is 6.58. The van der Waals surface area contributed by atoms with E-state index in [0.717, 1.165) is 16.5 Å². The molecular weight excluding hydrogens is 238 g/mol. The van der Waals surface area contributed by atoms with Crippen molar-refractivity contribution < 1.29 is 9.90 Å². The molecule has 19 heavy (non-hydrogen) atoms. The standard InChI is InChI=1S/C16H19NO2/c1-4-12(16(18)19)9-13-10-17(11(2)3)15-8-6-5-7-14(13)15/h5-11H,4H2,1-3H3,(H,18,19)/b12-9+. The number of nitrogens with zero attached hydrogens (tertiary/aromatic N) is 1. The van der Waals surface area contributed by atoms with Crippen molar-refractivity contribution in [1.29, 1.82) is 0 Å². The number of aliphatic carboxylic acids is 1. The minimum absolute atomic E-state index is 0.349. The smallest absolute Gasteiger partial charge is 0.331 e. The molecule has 0 spiro atoms. The second-order valence-corrected chi connectivity index (χ2v) is 4.93. The molecule has 2 aromatic rings. The van der Waals surface area contributed by atoms with E-state index in [1.807, 2.05) is 31.3 Å². The van der Waals surface area contributed by atoms with E-state index in [0.29, 0.717) is 18.0 Å². The Hall–Kier alpha value is -2.03. The number of rotatable bonds is 4. The van der Waals surface area contributed by atoms with Gasteiger partial charge < -0.3 is 9.67 Å². The van der Waals surface area contributed by atoms with Crippen molar-refractivity contribution >= 4 is 22.9 Å². The van der Waals surface area contributed by atoms with Crippen molar-refractivity contribution in [3.63, 3.8) is 0 Å². The van der Waals surface area contributed by atoms with Gasteiger partial charge in [0.2, 0.25) is 0 Å². The molecule has 0 bridgehead atoms. The summed E-state index contributed by atoms with van der Waals surface area (Å²) in [5.41, 5.74) is 2.56. The first kappa shape index (κ1) is 13.4. The number of carboxylic acid groups (broad SMARTS) is 1. The Bertz CT molecular complexity index is 635. The third kappa shape index (κ3) is 2.55. The van der Waals surface area contributed by atoms with Gasteiger partial charge in [-0.25, -0.2) is 4.79 Å². The predicted molar refractivity (Wildman–Crippen MR) is 78.2 cm³/mol. The number of hydrogen-bond donors (Lipinski definition) is 1. The molecule has 0 atom stereocenters. The fourth-order valence-electron chi connectivity index (χ4n) is 2.28. The van der Waals surface area contributed by atoms with Gasteiger partial charge in [-0.1, -0.05) is 25.1 Å². The zero-order valence-electron chi connectivity index (χ0n) is 11.6. The largest absolute Gasteiger partial charge is 0.478 e. The Morgan fingerprint density at radius 1 is 1.37 bits per heavy atom. The highest BCUT2D eigenvalue weighted by atomic mass is 16.4. The van der Waals surface area contributed by atoms with E-state index in [1.165, 1.54) is 0 Å². The van der Waals surface area contributed by atoms with Crippen LogP contribution in [0.5, 0.6) is 0 Å². The van der Waals surface area contributed by atoms with E-state index in [9.17, 15) is 4.79 Å². The third-order valence-corrected chi connectivity index (χ3v) is 3.31. The van der Waals surface area contributed by atoms with Gasteiger partial charge in [-0.2, -0.15) is 0 Å². The van der Waals surface area contributed by atoms with Crippen molar-refractivity contribution in [1.82, 2.24) is 4.57 Å². The maximum atomic E-state index is 11.1. The number of aromatic nitrogens is 1. The van der Waals surface area contributed by atoms with Crippen LogP contribution in [0.4, 0.5) is 0 Å². The summed E-state index contributed by atoms with van der Waals surface area (Å²) < 4.78 is 2.18. The van der Waals surface area contributed by atoms with Gasteiger partial charge in [-0.3, -0.25) is 0 Å². The molecule has 0 aliphatic carbocycles. The molecular formula is C16H19NO2. The monoisotopic (exact) mass is 257 g/mol. The van der Waals surface area contributed by atoms with Gasteiger partial charge in [-0.15, -0.1) is 0 Å². The van der Waals surface area contributed by atoms with E-state index in [1.54, 1.807) is 6.08 Å². The Morgan fingerprint density at radius 3 is 2.63 bits per heavy atom. The number of carboxylic acids is 1. The van der Waals surface area contributed by atoms with Crippen LogP contribution in [0, 0.1) is 0 Å². The summed E-state index contributed by atoms with van der Waals surface area (Å²) in [5.74, 6) is -0.844. The molecule has 0 fully saturated rings. The first-order chi connectivity index (χ1) is 9.04. The van der Waals surface area contributed by atoms with Crippen LogP contribution in [0.15, 0.2) is 36.0 Å². The summed E-state index contributed by atoms with van der Waals surface area (Å²) in [5, 5.41) is 10.2. The van der Waals surface area contributed by atoms with E-state index < -0.39 is 5.97 Å². The summed E-state index contributed by atoms with van der Waals surface area (Å²) in [6, 6.07) is 8.44. The molecule has 0 unspecified atom stereocenters. The number of para-hydroxylation sites is 1. The summed E-state index contributed by atoms with van der Waals surface area (Å²) in [7, 11) is 0. The molecule has 1 heterocycles. The highest BCUT2D eigenvalue weighted by Crippen LogP contribution is 2.26. The quantitative estimate of drug-likeness (QED) is 0.838. The zero-order valence-corrected chi connectivity index (χ0v) is 11.6. The second-order valence-electron chi connectivity index (χ2n) is 4.93. The minimum Gasteiger partial charge on any atom is -0.478 e. The maximum absolute atomic E-state index is 11.1. The number of benzene rings is 1. The van der Waals surface area contributed by atoms with Crippen molar-refractivity contribution in [3.05, 3.63) is 41.6 Å². The van der Waals surface area contributed by atoms with Gasteiger partial charge >= 0.3 is 5.97 Å². The molecule has 0 saturated heterocycles. The second kappa shape index (κ2) is 5.31. The SMILES string of the molecule is CC/C(=C\c1cn(C(C)C)c2ccccc12)C(=O)O. The molecule has 0 amide bonds. The first-order valence-electron chi connectivity index (χ1n) is 6.58. The topological polar surface area (TPSA) is 42.2 Å². The molecule has 0 aliphatic rings. The summed E-state index contributed by atoms with van der Waals surface area (Å²) in [6.45, 7) is 6.11. The Morgan fingerprint density at radius 2 is 2.05 bits per heavy atom. The molecule has 0 aliphatic heterocycles. The molecule has 1 aromatic heterocycles. The van der Waals surface area contributed by atoms with Crippen molar-refractivity contribution in [2.24, 2.45) is 0 Å². The Balaban J connectivity index is 2.64. The summed E-state index contributed by atoms with van der Waals surface area (Å²) >= 11 is 0. The van der Waals surface area contributed by atoms with Gasteiger partial charge in [0.1, 0.15) is 0 Å². The van der Waals surface area contributed by atoms with Crippen LogP contribution in [0.2, 0.25) is 0 Å². The Labute approximate surface area is 113 Å². The fourth-order valence-corrected chi connectivity index (χ4v) is 2.28. The average molecular weight is 257 g/mol. The molecule has 100 valence electrons. The van der Waals surface area contributed by atoms with Gasteiger partial charge in [-0.05, 0) is 32.4 Å². The van der Waals surface area contributed by atoms with Crippen LogP contribution in [0.25, 0.3) is 17.0 Å².